The third-order valence-corrected chi connectivity index (χ3v) is 3.44. The van der Waals surface area contributed by atoms with Crippen molar-refractivity contribution in [3.63, 3.8) is 0 Å². The average molecular weight is 251 g/mol. The Bertz CT molecular complexity index is 422. The lowest BCUT2D eigenvalue weighted by atomic mass is 10.1. The number of hydrogen-bond acceptors (Lipinski definition) is 4. The zero-order valence-corrected chi connectivity index (χ0v) is 10.1. The van der Waals surface area contributed by atoms with Crippen LogP contribution in [0.1, 0.15) is 18.5 Å². The van der Waals surface area contributed by atoms with Crippen LogP contribution < -0.4 is 0 Å². The quantitative estimate of drug-likeness (QED) is 0.653. The highest BCUT2D eigenvalue weighted by Crippen LogP contribution is 2.34. The first kappa shape index (κ1) is 13.0. The Morgan fingerprint density at radius 2 is 1.94 bits per heavy atom. The average Bonchev–Trinajstić information content (AvgIpc) is 3.17. The van der Waals surface area contributed by atoms with Crippen LogP contribution in [0.15, 0.2) is 30.3 Å². The van der Waals surface area contributed by atoms with Crippen molar-refractivity contribution in [2.75, 3.05) is 6.54 Å². The molecule has 0 spiro atoms. The molecule has 0 bridgehead atoms. The minimum absolute atomic E-state index is 0.104. The van der Waals surface area contributed by atoms with Crippen LogP contribution in [0.5, 0.6) is 0 Å². The van der Waals surface area contributed by atoms with Crippen molar-refractivity contribution in [2.24, 2.45) is 0 Å². The normalized spacial score (nSPS) is 27.3. The summed E-state index contributed by atoms with van der Waals surface area (Å²) in [6, 6.07) is 9.59. The molecule has 3 unspecified atom stereocenters. The predicted molar refractivity (Wildman–Crippen MR) is 65.0 cm³/mol. The summed E-state index contributed by atoms with van der Waals surface area (Å²) in [5.41, 5.74) is 1.11. The third kappa shape index (κ3) is 2.53. The molecule has 1 saturated heterocycles. The number of aliphatic hydroxyl groups is 2. The maximum atomic E-state index is 10.6. The molecule has 0 aromatic heterocycles. The summed E-state index contributed by atoms with van der Waals surface area (Å²) in [5.74, 6) is -1.39. The fourth-order valence-corrected chi connectivity index (χ4v) is 2.20. The maximum Gasteiger partial charge on any atom is 0.335 e. The van der Waals surface area contributed by atoms with Gasteiger partial charge in [-0.05, 0) is 12.5 Å². The second-order valence-corrected chi connectivity index (χ2v) is 4.62. The number of hydrogen-bond donors (Lipinski definition) is 3. The van der Waals surface area contributed by atoms with Crippen LogP contribution in [0.4, 0.5) is 0 Å². The molecule has 0 saturated carbocycles. The summed E-state index contributed by atoms with van der Waals surface area (Å²) in [6.45, 7) is 2.59. The molecule has 0 amide bonds. The fraction of sp³-hybridized carbons (Fsp3) is 0.462. The lowest BCUT2D eigenvalue weighted by Crippen LogP contribution is -2.39. The zero-order valence-electron chi connectivity index (χ0n) is 10.1. The number of benzene rings is 1. The van der Waals surface area contributed by atoms with Crippen LogP contribution >= 0.6 is 0 Å². The van der Waals surface area contributed by atoms with Crippen molar-refractivity contribution in [1.82, 2.24) is 4.90 Å². The Morgan fingerprint density at radius 3 is 2.50 bits per heavy atom. The van der Waals surface area contributed by atoms with Crippen molar-refractivity contribution >= 4 is 5.97 Å². The Hall–Kier alpha value is -1.43. The molecule has 0 aliphatic carbocycles. The standard InChI is InChI=1S/C13H17NO4/c1-8(9-5-3-2-4-6-9)14-7-10(14)11(15)12(16)13(17)18/h2-6,8,10-12,15-16H,7H2,1H3,(H,17,18)/t8-,10?,11?,12?,14-/m1/s1. The molecule has 1 fully saturated rings. The summed E-state index contributed by atoms with van der Waals surface area (Å²) in [7, 11) is 0. The van der Waals surface area contributed by atoms with Gasteiger partial charge in [-0.3, -0.25) is 4.90 Å². The van der Waals surface area contributed by atoms with Gasteiger partial charge in [0.2, 0.25) is 0 Å². The molecule has 5 atom stereocenters. The van der Waals surface area contributed by atoms with Gasteiger partial charge in [0.05, 0.1) is 6.04 Å². The first-order chi connectivity index (χ1) is 8.52. The van der Waals surface area contributed by atoms with Crippen LogP contribution in [0.25, 0.3) is 0 Å². The molecule has 1 heterocycles. The molecule has 1 aromatic rings. The van der Waals surface area contributed by atoms with Crippen molar-refractivity contribution in [2.45, 2.75) is 31.2 Å². The second kappa shape index (κ2) is 5.06. The highest BCUT2D eigenvalue weighted by atomic mass is 16.4. The van der Waals surface area contributed by atoms with Gasteiger partial charge in [-0.25, -0.2) is 4.79 Å². The van der Waals surface area contributed by atoms with E-state index in [0.717, 1.165) is 5.56 Å². The van der Waals surface area contributed by atoms with Gasteiger partial charge in [-0.1, -0.05) is 30.3 Å². The van der Waals surface area contributed by atoms with Gasteiger partial charge in [0.25, 0.3) is 0 Å². The van der Waals surface area contributed by atoms with E-state index < -0.39 is 18.2 Å². The van der Waals surface area contributed by atoms with Gasteiger partial charge >= 0.3 is 5.97 Å². The van der Waals surface area contributed by atoms with Crippen LogP contribution in [-0.2, 0) is 4.79 Å². The van der Waals surface area contributed by atoms with Gasteiger partial charge in [0.1, 0.15) is 6.10 Å². The summed E-state index contributed by atoms with van der Waals surface area (Å²) < 4.78 is 0. The summed E-state index contributed by atoms with van der Waals surface area (Å²) in [5, 5.41) is 27.7. The SMILES string of the molecule is C[C@H](c1ccccc1)[N@@]1CC1C(O)C(O)C(=O)O. The molecule has 98 valence electrons. The first-order valence-corrected chi connectivity index (χ1v) is 5.92. The molecule has 1 aromatic carbocycles. The van der Waals surface area contributed by atoms with E-state index in [0.29, 0.717) is 6.54 Å². The highest BCUT2D eigenvalue weighted by molar-refractivity contribution is 5.72. The number of aliphatic carboxylic acids is 1. The van der Waals surface area contributed by atoms with Gasteiger partial charge in [0, 0.05) is 12.6 Å². The third-order valence-electron chi connectivity index (χ3n) is 3.44. The molecular weight excluding hydrogens is 234 g/mol. The van der Waals surface area contributed by atoms with E-state index in [9.17, 15) is 15.0 Å². The number of carboxylic acid groups (broad SMARTS) is 1. The number of aliphatic hydroxyl groups excluding tert-OH is 2. The van der Waals surface area contributed by atoms with Crippen LogP contribution in [0.2, 0.25) is 0 Å². The van der Waals surface area contributed by atoms with Gasteiger partial charge in [0.15, 0.2) is 6.10 Å². The number of carboxylic acids is 1. The lowest BCUT2D eigenvalue weighted by Gasteiger charge is -2.18. The Balaban J connectivity index is 1.97. The lowest BCUT2D eigenvalue weighted by molar-refractivity contribution is -0.153. The van der Waals surface area contributed by atoms with Crippen LogP contribution in [-0.4, -0.2) is 51.0 Å². The molecule has 1 aliphatic rings. The summed E-state index contributed by atoms with van der Waals surface area (Å²) in [6.07, 6.45) is -2.96. The molecule has 2 rings (SSSR count). The predicted octanol–water partition coefficient (Wildman–Crippen LogP) is 0.238. The Morgan fingerprint density at radius 1 is 1.33 bits per heavy atom. The molecular formula is C13H17NO4. The molecule has 1 aliphatic heterocycles. The molecule has 5 heteroatoms. The smallest absolute Gasteiger partial charge is 0.335 e. The van der Waals surface area contributed by atoms with Crippen LogP contribution in [0.3, 0.4) is 0 Å². The van der Waals surface area contributed by atoms with E-state index in [1.807, 2.05) is 42.2 Å². The Labute approximate surface area is 105 Å². The highest BCUT2D eigenvalue weighted by Gasteiger charge is 2.47. The van der Waals surface area contributed by atoms with Crippen molar-refractivity contribution in [1.29, 1.82) is 0 Å². The van der Waals surface area contributed by atoms with E-state index in [1.54, 1.807) is 0 Å². The van der Waals surface area contributed by atoms with Gasteiger partial charge < -0.3 is 15.3 Å². The van der Waals surface area contributed by atoms with Crippen molar-refractivity contribution in [3.8, 4) is 0 Å². The Kier molecular flexibility index (Phi) is 3.65. The minimum atomic E-state index is -1.72. The van der Waals surface area contributed by atoms with E-state index in [1.165, 1.54) is 0 Å². The molecule has 0 radical (unpaired) electrons. The molecule has 18 heavy (non-hydrogen) atoms. The summed E-state index contributed by atoms with van der Waals surface area (Å²) >= 11 is 0. The van der Waals surface area contributed by atoms with Gasteiger partial charge in [-0.15, -0.1) is 0 Å². The van der Waals surface area contributed by atoms with Crippen LogP contribution in [0, 0.1) is 0 Å². The maximum absolute atomic E-state index is 10.6. The first-order valence-electron chi connectivity index (χ1n) is 5.92. The van der Waals surface area contributed by atoms with E-state index in [2.05, 4.69) is 0 Å². The fourth-order valence-electron chi connectivity index (χ4n) is 2.20. The molecule has 5 nitrogen and oxygen atoms in total. The van der Waals surface area contributed by atoms with Crippen molar-refractivity contribution in [3.05, 3.63) is 35.9 Å². The number of rotatable bonds is 5. The van der Waals surface area contributed by atoms with E-state index in [-0.39, 0.29) is 12.1 Å². The second-order valence-electron chi connectivity index (χ2n) is 4.62. The largest absolute Gasteiger partial charge is 0.479 e. The monoisotopic (exact) mass is 251 g/mol. The molecule has 3 N–H and O–H groups in total. The van der Waals surface area contributed by atoms with E-state index >= 15 is 0 Å². The number of carbonyl (C=O) groups is 1. The summed E-state index contributed by atoms with van der Waals surface area (Å²) in [4.78, 5) is 12.6. The zero-order chi connectivity index (χ0) is 13.3. The van der Waals surface area contributed by atoms with E-state index in [4.69, 9.17) is 5.11 Å². The van der Waals surface area contributed by atoms with Crippen molar-refractivity contribution < 1.29 is 20.1 Å². The number of nitrogens with zero attached hydrogens (tertiary/aromatic N) is 1. The topological polar surface area (TPSA) is 80.8 Å². The minimum Gasteiger partial charge on any atom is -0.479 e. The van der Waals surface area contributed by atoms with Gasteiger partial charge in [-0.2, -0.15) is 0 Å².